The van der Waals surface area contributed by atoms with Crippen molar-refractivity contribution in [2.24, 2.45) is 0 Å². The Balaban J connectivity index is 1.84. The number of nitrogens with one attached hydrogen (secondary N) is 1. The molecule has 0 aliphatic rings. The van der Waals surface area contributed by atoms with Crippen LogP contribution in [0.4, 0.5) is 10.3 Å². The van der Waals surface area contributed by atoms with Crippen LogP contribution in [0.15, 0.2) is 23.6 Å². The highest BCUT2D eigenvalue weighted by Crippen LogP contribution is 2.21. The molecule has 0 radical (unpaired) electrons. The van der Waals surface area contributed by atoms with Crippen LogP contribution in [0.1, 0.15) is 41.0 Å². The molecule has 0 saturated heterocycles. The van der Waals surface area contributed by atoms with Crippen molar-refractivity contribution in [1.29, 1.82) is 0 Å². The Morgan fingerprint density at radius 2 is 2.12 bits per heavy atom. The number of amides is 1. The summed E-state index contributed by atoms with van der Waals surface area (Å²) in [6, 6.07) is 4.36. The highest BCUT2D eigenvalue weighted by Gasteiger charge is 2.16. The molecule has 2 heterocycles. The normalized spacial score (nSPS) is 11.2. The Hall–Kier alpha value is -2.61. The van der Waals surface area contributed by atoms with Gasteiger partial charge in [-0.1, -0.05) is 26.0 Å². The third-order valence-corrected chi connectivity index (χ3v) is 4.60. The number of hydrogen-bond donors (Lipinski definition) is 2. The van der Waals surface area contributed by atoms with Gasteiger partial charge in [-0.2, -0.15) is 0 Å². The number of nitrogen functional groups attached to an aromatic ring is 1. The largest absolute Gasteiger partial charge is 0.368 e. The lowest BCUT2D eigenvalue weighted by Crippen LogP contribution is -2.25. The second-order valence-electron chi connectivity index (χ2n) is 5.58. The van der Waals surface area contributed by atoms with Gasteiger partial charge in [-0.25, -0.2) is 19.3 Å². The van der Waals surface area contributed by atoms with Crippen molar-refractivity contribution < 1.29 is 9.18 Å². The molecule has 0 spiro atoms. The minimum absolute atomic E-state index is 0.0332. The van der Waals surface area contributed by atoms with Crippen LogP contribution in [0.2, 0.25) is 0 Å². The molecular weight excluding hydrogens is 329 g/mol. The van der Waals surface area contributed by atoms with Crippen molar-refractivity contribution in [2.45, 2.75) is 26.3 Å². The molecule has 2 aromatic heterocycles. The van der Waals surface area contributed by atoms with E-state index in [2.05, 4.69) is 34.1 Å². The van der Waals surface area contributed by atoms with Gasteiger partial charge in [-0.15, -0.1) is 11.3 Å². The van der Waals surface area contributed by atoms with Crippen LogP contribution in [0, 0.1) is 5.82 Å². The first-order valence-electron chi connectivity index (χ1n) is 7.40. The summed E-state index contributed by atoms with van der Waals surface area (Å²) < 4.78 is 13.9. The number of nitrogens with two attached hydrogens (primary N) is 1. The van der Waals surface area contributed by atoms with Gasteiger partial charge < -0.3 is 11.1 Å². The number of thiazole rings is 1. The van der Waals surface area contributed by atoms with E-state index in [4.69, 9.17) is 5.73 Å². The van der Waals surface area contributed by atoms with Crippen molar-refractivity contribution in [2.75, 3.05) is 5.73 Å². The van der Waals surface area contributed by atoms with Crippen molar-refractivity contribution in [1.82, 2.24) is 20.3 Å². The summed E-state index contributed by atoms with van der Waals surface area (Å²) in [5.41, 5.74) is 6.45. The molecule has 1 amide bonds. The minimum Gasteiger partial charge on any atom is -0.368 e. The van der Waals surface area contributed by atoms with Crippen LogP contribution in [-0.2, 0) is 6.54 Å². The summed E-state index contributed by atoms with van der Waals surface area (Å²) >= 11 is 1.55. The topological polar surface area (TPSA) is 93.8 Å². The average molecular weight is 345 g/mol. The van der Waals surface area contributed by atoms with E-state index in [1.165, 1.54) is 12.1 Å². The number of carbonyl (C=O) groups excluding carboxylic acids is 1. The van der Waals surface area contributed by atoms with E-state index in [-0.39, 0.29) is 23.7 Å². The molecule has 1 aromatic carbocycles. The maximum atomic E-state index is 13.9. The Kier molecular flexibility index (Phi) is 4.39. The molecule has 8 heteroatoms. The molecule has 3 N–H and O–H groups in total. The highest BCUT2D eigenvalue weighted by molar-refractivity contribution is 7.09. The lowest BCUT2D eigenvalue weighted by Gasteiger charge is -2.07. The number of rotatable bonds is 4. The zero-order chi connectivity index (χ0) is 17.3. The summed E-state index contributed by atoms with van der Waals surface area (Å²) in [4.78, 5) is 24.7. The van der Waals surface area contributed by atoms with E-state index >= 15 is 0 Å². The Labute approximate surface area is 142 Å². The zero-order valence-electron chi connectivity index (χ0n) is 13.2. The van der Waals surface area contributed by atoms with E-state index in [1.54, 1.807) is 17.4 Å². The number of halogens is 1. The minimum atomic E-state index is -0.545. The molecule has 0 unspecified atom stereocenters. The first-order chi connectivity index (χ1) is 11.5. The molecule has 3 rings (SSSR count). The van der Waals surface area contributed by atoms with Gasteiger partial charge in [-0.05, 0) is 6.07 Å². The second kappa shape index (κ2) is 6.48. The molecule has 0 atom stereocenters. The van der Waals surface area contributed by atoms with E-state index in [1.807, 2.05) is 5.38 Å². The average Bonchev–Trinajstić information content (AvgIpc) is 3.02. The van der Waals surface area contributed by atoms with Gasteiger partial charge in [0.1, 0.15) is 17.0 Å². The van der Waals surface area contributed by atoms with Crippen LogP contribution in [0.5, 0.6) is 0 Å². The lowest BCUT2D eigenvalue weighted by molar-refractivity contribution is 0.0947. The fourth-order valence-electron chi connectivity index (χ4n) is 2.23. The molecule has 0 fully saturated rings. The molecule has 6 nitrogen and oxygen atoms in total. The van der Waals surface area contributed by atoms with Gasteiger partial charge in [0.25, 0.3) is 5.91 Å². The molecule has 24 heavy (non-hydrogen) atoms. The van der Waals surface area contributed by atoms with Gasteiger partial charge >= 0.3 is 0 Å². The molecule has 3 aromatic rings. The molecule has 0 saturated carbocycles. The van der Waals surface area contributed by atoms with Crippen molar-refractivity contribution in [3.63, 3.8) is 0 Å². The molecule has 0 aliphatic heterocycles. The number of aromatic nitrogens is 3. The third kappa shape index (κ3) is 3.18. The lowest BCUT2D eigenvalue weighted by atomic mass is 10.1. The fourth-order valence-corrected chi connectivity index (χ4v) is 3.07. The second-order valence-corrected chi connectivity index (χ2v) is 6.47. The highest BCUT2D eigenvalue weighted by atomic mass is 32.1. The third-order valence-electron chi connectivity index (χ3n) is 3.40. The SMILES string of the molecule is CC(C)c1nc(CNC(=O)c2nc(N)nc3c(F)cccc23)cs1. The number of benzene rings is 1. The number of anilines is 1. The number of carbonyl (C=O) groups is 1. The van der Waals surface area contributed by atoms with Gasteiger partial charge in [-0.3, -0.25) is 4.79 Å². The number of nitrogens with zero attached hydrogens (tertiary/aromatic N) is 3. The summed E-state index contributed by atoms with van der Waals surface area (Å²) in [6.45, 7) is 4.39. The van der Waals surface area contributed by atoms with Crippen LogP contribution in [0.25, 0.3) is 10.9 Å². The van der Waals surface area contributed by atoms with Gasteiger partial charge in [0.15, 0.2) is 0 Å². The predicted molar refractivity (Wildman–Crippen MR) is 91.3 cm³/mol. The summed E-state index contributed by atoms with van der Waals surface area (Å²) in [5, 5.41) is 5.98. The van der Waals surface area contributed by atoms with Gasteiger partial charge in [0.05, 0.1) is 17.2 Å². The van der Waals surface area contributed by atoms with Gasteiger partial charge in [0, 0.05) is 16.7 Å². The Morgan fingerprint density at radius 3 is 2.83 bits per heavy atom. The first kappa shape index (κ1) is 16.3. The van der Waals surface area contributed by atoms with Crippen LogP contribution < -0.4 is 11.1 Å². The van der Waals surface area contributed by atoms with E-state index in [0.717, 1.165) is 10.7 Å². The van der Waals surface area contributed by atoms with E-state index in [9.17, 15) is 9.18 Å². The number of para-hydroxylation sites is 1. The van der Waals surface area contributed by atoms with Crippen molar-refractivity contribution in [3.8, 4) is 0 Å². The maximum absolute atomic E-state index is 13.9. The van der Waals surface area contributed by atoms with Crippen LogP contribution in [0.3, 0.4) is 0 Å². The maximum Gasteiger partial charge on any atom is 0.271 e. The molecule has 124 valence electrons. The Bertz CT molecular complexity index is 909. The van der Waals surface area contributed by atoms with Crippen LogP contribution in [-0.4, -0.2) is 20.9 Å². The van der Waals surface area contributed by atoms with Gasteiger partial charge in [0.2, 0.25) is 5.95 Å². The quantitative estimate of drug-likeness (QED) is 0.758. The van der Waals surface area contributed by atoms with E-state index in [0.29, 0.717) is 11.3 Å². The van der Waals surface area contributed by atoms with E-state index < -0.39 is 11.7 Å². The summed E-state index contributed by atoms with van der Waals surface area (Å²) in [5.74, 6) is -0.794. The monoisotopic (exact) mass is 345 g/mol. The number of fused-ring (bicyclic) bond motifs is 1. The molecule has 0 aliphatic carbocycles. The smallest absolute Gasteiger partial charge is 0.271 e. The van der Waals surface area contributed by atoms with Crippen LogP contribution >= 0.6 is 11.3 Å². The standard InChI is InChI=1S/C16H16FN5OS/c1-8(2)15-20-9(7-24-15)6-19-14(23)13-10-4-3-5-11(17)12(10)21-16(18)22-13/h3-5,7-8H,6H2,1-2H3,(H,19,23)(H2,18,21,22). The van der Waals surface area contributed by atoms with Crippen molar-refractivity contribution in [3.05, 3.63) is 45.8 Å². The molecular formula is C16H16FN5OS. The zero-order valence-corrected chi connectivity index (χ0v) is 14.0. The fraction of sp³-hybridized carbons (Fsp3) is 0.250. The Morgan fingerprint density at radius 1 is 1.33 bits per heavy atom. The van der Waals surface area contributed by atoms with Crippen molar-refractivity contribution >= 4 is 34.1 Å². The summed E-state index contributed by atoms with van der Waals surface area (Å²) in [6.07, 6.45) is 0. The predicted octanol–water partition coefficient (Wildman–Crippen LogP) is 2.86. The summed E-state index contributed by atoms with van der Waals surface area (Å²) in [7, 11) is 0. The number of hydrogen-bond acceptors (Lipinski definition) is 6. The first-order valence-corrected chi connectivity index (χ1v) is 8.28. The molecule has 0 bridgehead atoms.